The molecule has 0 saturated carbocycles. The van der Waals surface area contributed by atoms with Crippen LogP contribution in [0.2, 0.25) is 5.02 Å². The minimum atomic E-state index is 0.328. The van der Waals surface area contributed by atoms with E-state index in [2.05, 4.69) is 35.2 Å². The monoisotopic (exact) mass is 343 g/mol. The number of benzene rings is 2. The van der Waals surface area contributed by atoms with Crippen LogP contribution >= 0.6 is 11.6 Å². The summed E-state index contributed by atoms with van der Waals surface area (Å²) in [5.41, 5.74) is 3.65. The van der Waals surface area contributed by atoms with Crippen molar-refractivity contribution in [1.29, 1.82) is 0 Å². The van der Waals surface area contributed by atoms with Gasteiger partial charge in [0.1, 0.15) is 5.75 Å². The minimum absolute atomic E-state index is 0.328. The minimum Gasteiger partial charge on any atom is -0.467 e. The van der Waals surface area contributed by atoms with Crippen molar-refractivity contribution in [3.05, 3.63) is 64.2 Å². The molecule has 0 bridgehead atoms. The van der Waals surface area contributed by atoms with Gasteiger partial charge in [0.2, 0.25) is 0 Å². The molecule has 1 fully saturated rings. The molecular weight excluding hydrogens is 322 g/mol. The normalized spacial score (nSPS) is 20.6. The standard InChI is InChI=1S/C20H22ClNO2/c21-18-10-16(20-17(11-18)13-23-14-24-20)12-22-8-4-7-19(22)9-15-5-2-1-3-6-15/h1-3,5-6,10-11,19H,4,7-9,12-14H2/t19-/m0/s1. The van der Waals surface area contributed by atoms with Gasteiger partial charge >= 0.3 is 0 Å². The molecule has 0 aromatic heterocycles. The molecule has 2 aliphatic heterocycles. The molecule has 2 heterocycles. The summed E-state index contributed by atoms with van der Waals surface area (Å²) in [5.74, 6) is 0.969. The zero-order valence-electron chi connectivity index (χ0n) is 13.7. The highest BCUT2D eigenvalue weighted by Crippen LogP contribution is 2.34. The third kappa shape index (κ3) is 3.44. The first-order valence-corrected chi connectivity index (χ1v) is 8.97. The van der Waals surface area contributed by atoms with Crippen molar-refractivity contribution in [2.24, 2.45) is 0 Å². The number of nitrogens with zero attached hydrogens (tertiary/aromatic N) is 1. The molecule has 0 aliphatic carbocycles. The third-order valence-corrected chi connectivity index (χ3v) is 5.16. The van der Waals surface area contributed by atoms with E-state index in [1.807, 2.05) is 12.1 Å². The summed E-state index contributed by atoms with van der Waals surface area (Å²) in [7, 11) is 0. The van der Waals surface area contributed by atoms with Crippen molar-refractivity contribution in [1.82, 2.24) is 4.90 Å². The number of halogens is 1. The average molecular weight is 344 g/mol. The summed E-state index contributed by atoms with van der Waals surface area (Å²) in [6, 6.07) is 15.3. The summed E-state index contributed by atoms with van der Waals surface area (Å²) in [6.07, 6.45) is 3.61. The van der Waals surface area contributed by atoms with E-state index in [1.165, 1.54) is 24.0 Å². The molecule has 1 atom stereocenters. The molecule has 0 amide bonds. The second-order valence-corrected chi connectivity index (χ2v) is 7.06. The molecule has 0 spiro atoms. The Morgan fingerprint density at radius 2 is 2.04 bits per heavy atom. The maximum Gasteiger partial charge on any atom is 0.189 e. The number of likely N-dealkylation sites (tertiary alicyclic amines) is 1. The van der Waals surface area contributed by atoms with Crippen LogP contribution < -0.4 is 4.74 Å². The highest BCUT2D eigenvalue weighted by Gasteiger charge is 2.27. The van der Waals surface area contributed by atoms with E-state index in [9.17, 15) is 0 Å². The van der Waals surface area contributed by atoms with Gasteiger partial charge in [0.05, 0.1) is 6.61 Å². The first kappa shape index (κ1) is 15.9. The topological polar surface area (TPSA) is 21.7 Å². The maximum absolute atomic E-state index is 6.30. The lowest BCUT2D eigenvalue weighted by molar-refractivity contribution is -0.0175. The fourth-order valence-corrected chi connectivity index (χ4v) is 4.08. The summed E-state index contributed by atoms with van der Waals surface area (Å²) >= 11 is 6.30. The van der Waals surface area contributed by atoms with Gasteiger partial charge in [-0.25, -0.2) is 0 Å². The van der Waals surface area contributed by atoms with E-state index >= 15 is 0 Å². The molecule has 0 unspecified atom stereocenters. The van der Waals surface area contributed by atoms with E-state index in [-0.39, 0.29) is 0 Å². The number of fused-ring (bicyclic) bond motifs is 1. The molecule has 2 aromatic rings. The number of hydrogen-bond acceptors (Lipinski definition) is 3. The van der Waals surface area contributed by atoms with E-state index in [0.717, 1.165) is 35.8 Å². The van der Waals surface area contributed by atoms with Gasteiger partial charge in [-0.3, -0.25) is 4.90 Å². The molecule has 126 valence electrons. The van der Waals surface area contributed by atoms with Crippen LogP contribution in [0, 0.1) is 0 Å². The molecule has 1 saturated heterocycles. The fraction of sp³-hybridized carbons (Fsp3) is 0.400. The van der Waals surface area contributed by atoms with Gasteiger partial charge in [0, 0.05) is 28.7 Å². The van der Waals surface area contributed by atoms with Gasteiger partial charge in [0.15, 0.2) is 6.79 Å². The largest absolute Gasteiger partial charge is 0.467 e. The SMILES string of the molecule is Clc1cc2c(c(CN3CCC[C@H]3Cc3ccccc3)c1)OCOC2. The average Bonchev–Trinajstić information content (AvgIpc) is 3.02. The fourth-order valence-electron chi connectivity index (χ4n) is 3.81. The Bertz CT molecular complexity index is 704. The van der Waals surface area contributed by atoms with E-state index in [1.54, 1.807) is 0 Å². The molecule has 3 nitrogen and oxygen atoms in total. The van der Waals surface area contributed by atoms with Crippen LogP contribution in [0.5, 0.6) is 5.75 Å². The van der Waals surface area contributed by atoms with Crippen LogP contribution in [-0.2, 0) is 24.3 Å². The predicted octanol–water partition coefficient (Wildman–Crippen LogP) is 4.41. The van der Waals surface area contributed by atoms with Crippen molar-refractivity contribution >= 4 is 11.6 Å². The number of hydrogen-bond donors (Lipinski definition) is 0. The molecule has 2 aliphatic rings. The van der Waals surface area contributed by atoms with E-state index in [4.69, 9.17) is 21.1 Å². The van der Waals surface area contributed by atoms with Crippen molar-refractivity contribution in [3.8, 4) is 5.75 Å². The van der Waals surface area contributed by atoms with Crippen molar-refractivity contribution in [2.75, 3.05) is 13.3 Å². The zero-order valence-corrected chi connectivity index (χ0v) is 14.5. The number of ether oxygens (including phenoxy) is 2. The first-order valence-electron chi connectivity index (χ1n) is 8.59. The molecule has 0 radical (unpaired) electrons. The Balaban J connectivity index is 1.53. The first-order chi connectivity index (χ1) is 11.8. The Morgan fingerprint density at radius 3 is 2.92 bits per heavy atom. The molecule has 4 heteroatoms. The summed E-state index contributed by atoms with van der Waals surface area (Å²) in [6.45, 7) is 2.93. The molecule has 2 aromatic carbocycles. The number of rotatable bonds is 4. The lowest BCUT2D eigenvalue weighted by Crippen LogP contribution is -2.31. The van der Waals surface area contributed by atoms with E-state index in [0.29, 0.717) is 19.4 Å². The maximum atomic E-state index is 6.30. The van der Waals surface area contributed by atoms with E-state index < -0.39 is 0 Å². The van der Waals surface area contributed by atoms with Crippen molar-refractivity contribution in [3.63, 3.8) is 0 Å². The van der Waals surface area contributed by atoms with Gasteiger partial charge in [-0.15, -0.1) is 0 Å². The predicted molar refractivity (Wildman–Crippen MR) is 95.3 cm³/mol. The van der Waals surface area contributed by atoms with Crippen LogP contribution in [-0.4, -0.2) is 24.3 Å². The van der Waals surface area contributed by atoms with Gasteiger partial charge in [-0.1, -0.05) is 41.9 Å². The highest BCUT2D eigenvalue weighted by molar-refractivity contribution is 6.30. The highest BCUT2D eigenvalue weighted by atomic mass is 35.5. The second kappa shape index (κ2) is 7.14. The van der Waals surface area contributed by atoms with Crippen LogP contribution in [0.4, 0.5) is 0 Å². The summed E-state index contributed by atoms with van der Waals surface area (Å²) in [5, 5.41) is 0.761. The van der Waals surface area contributed by atoms with Crippen LogP contribution in [0.25, 0.3) is 0 Å². The summed E-state index contributed by atoms with van der Waals surface area (Å²) < 4.78 is 11.1. The quantitative estimate of drug-likeness (QED) is 0.820. The van der Waals surface area contributed by atoms with Gasteiger partial charge in [-0.05, 0) is 43.5 Å². The van der Waals surface area contributed by atoms with Crippen LogP contribution in [0.15, 0.2) is 42.5 Å². The lowest BCUT2D eigenvalue weighted by atomic mass is 10.0. The van der Waals surface area contributed by atoms with Gasteiger partial charge in [-0.2, -0.15) is 0 Å². The van der Waals surface area contributed by atoms with Gasteiger partial charge in [0.25, 0.3) is 0 Å². The Morgan fingerprint density at radius 1 is 1.17 bits per heavy atom. The van der Waals surface area contributed by atoms with Crippen LogP contribution in [0.1, 0.15) is 29.5 Å². The Kier molecular flexibility index (Phi) is 4.74. The lowest BCUT2D eigenvalue weighted by Gasteiger charge is -2.27. The van der Waals surface area contributed by atoms with Crippen LogP contribution in [0.3, 0.4) is 0 Å². The molecular formula is C20H22ClNO2. The van der Waals surface area contributed by atoms with Crippen molar-refractivity contribution < 1.29 is 9.47 Å². The Labute approximate surface area is 148 Å². The second-order valence-electron chi connectivity index (χ2n) is 6.62. The molecule has 4 rings (SSSR count). The third-order valence-electron chi connectivity index (χ3n) is 4.94. The van der Waals surface area contributed by atoms with Gasteiger partial charge < -0.3 is 9.47 Å². The summed E-state index contributed by atoms with van der Waals surface area (Å²) in [4.78, 5) is 2.57. The smallest absolute Gasteiger partial charge is 0.189 e. The zero-order chi connectivity index (χ0) is 16.4. The van der Waals surface area contributed by atoms with Crippen molar-refractivity contribution in [2.45, 2.75) is 38.5 Å². The molecule has 0 N–H and O–H groups in total. The molecule has 24 heavy (non-hydrogen) atoms. The Hall–Kier alpha value is -1.55.